The highest BCUT2D eigenvalue weighted by atomic mass is 16.6. The predicted molar refractivity (Wildman–Crippen MR) is 205 cm³/mol. The molecule has 4 N–H and O–H groups in total. The van der Waals surface area contributed by atoms with Crippen molar-refractivity contribution >= 4 is 17.3 Å². The van der Waals surface area contributed by atoms with E-state index >= 15 is 0 Å². The SMILES string of the molecule is CC(CC(O)C1OC1(C)C1CCCC1c1cccc(N)c1)C1=C2CCC3C4(C)CC(c5cccc(O)c5)C(=O)C(C)(C)C4CCC3(C)C2(C)CC1=O. The van der Waals surface area contributed by atoms with Crippen molar-refractivity contribution in [3.05, 3.63) is 70.8 Å². The van der Waals surface area contributed by atoms with Gasteiger partial charge in [0.1, 0.15) is 17.6 Å². The molecule has 1 aliphatic heterocycles. The van der Waals surface area contributed by atoms with Crippen LogP contribution in [0.15, 0.2) is 59.7 Å². The zero-order chi connectivity index (χ0) is 37.2. The number of nitrogens with two attached hydrogens (primary N) is 1. The highest BCUT2D eigenvalue weighted by Crippen LogP contribution is 2.75. The van der Waals surface area contributed by atoms with Crippen LogP contribution in [0.25, 0.3) is 0 Å². The number of rotatable bonds is 7. The maximum Gasteiger partial charge on any atom is 0.159 e. The highest BCUT2D eigenvalue weighted by molar-refractivity contribution is 6.00. The van der Waals surface area contributed by atoms with Crippen molar-refractivity contribution in [1.29, 1.82) is 0 Å². The minimum absolute atomic E-state index is 0.0467. The second-order valence-corrected chi connectivity index (χ2v) is 19.6. The van der Waals surface area contributed by atoms with Crippen LogP contribution < -0.4 is 5.73 Å². The molecule has 0 amide bonds. The molecule has 2 aromatic carbocycles. The molecule has 2 aromatic rings. The number of allylic oxidation sites excluding steroid dienone is 2. The van der Waals surface area contributed by atoms with Gasteiger partial charge in [-0.25, -0.2) is 0 Å². The maximum atomic E-state index is 14.3. The van der Waals surface area contributed by atoms with E-state index in [1.165, 1.54) is 11.1 Å². The first kappa shape index (κ1) is 36.0. The third-order valence-corrected chi connectivity index (χ3v) is 16.7. The van der Waals surface area contributed by atoms with Gasteiger partial charge in [-0.2, -0.15) is 0 Å². The molecule has 0 radical (unpaired) electrons. The number of aliphatic hydroxyl groups is 1. The minimum Gasteiger partial charge on any atom is -0.508 e. The summed E-state index contributed by atoms with van der Waals surface area (Å²) in [5.41, 5.74) is 10.2. The molecule has 6 nitrogen and oxygen atoms in total. The largest absolute Gasteiger partial charge is 0.508 e. The van der Waals surface area contributed by atoms with E-state index in [0.29, 0.717) is 36.4 Å². The number of ether oxygens (including phenoxy) is 1. The normalized spacial score (nSPS) is 42.0. The van der Waals surface area contributed by atoms with Crippen LogP contribution >= 0.6 is 0 Å². The number of fused-ring (bicyclic) bond motifs is 5. The Morgan fingerprint density at radius 1 is 0.923 bits per heavy atom. The van der Waals surface area contributed by atoms with Gasteiger partial charge in [-0.1, -0.05) is 77.8 Å². The van der Waals surface area contributed by atoms with Crippen molar-refractivity contribution in [2.75, 3.05) is 5.73 Å². The quantitative estimate of drug-likeness (QED) is 0.195. The molecule has 1 heterocycles. The maximum absolute atomic E-state index is 14.3. The average Bonchev–Trinajstić information content (AvgIpc) is 3.39. The monoisotopic (exact) mass is 707 g/mol. The summed E-state index contributed by atoms with van der Waals surface area (Å²) in [4.78, 5) is 28.4. The molecule has 4 saturated carbocycles. The van der Waals surface area contributed by atoms with E-state index in [1.807, 2.05) is 24.3 Å². The molecule has 280 valence electrons. The zero-order valence-corrected chi connectivity index (χ0v) is 32.5. The summed E-state index contributed by atoms with van der Waals surface area (Å²) < 4.78 is 6.45. The number of phenols is 1. The first-order chi connectivity index (χ1) is 24.5. The summed E-state index contributed by atoms with van der Waals surface area (Å²) >= 11 is 0. The van der Waals surface area contributed by atoms with E-state index in [2.05, 4.69) is 60.6 Å². The third kappa shape index (κ3) is 5.08. The second kappa shape index (κ2) is 12.0. The number of aromatic hydroxyl groups is 1. The summed E-state index contributed by atoms with van der Waals surface area (Å²) in [5.74, 6) is 1.81. The molecule has 0 aromatic heterocycles. The lowest BCUT2D eigenvalue weighted by Gasteiger charge is -2.68. The molecule has 5 aliphatic carbocycles. The zero-order valence-electron chi connectivity index (χ0n) is 32.5. The Hall–Kier alpha value is -2.96. The smallest absolute Gasteiger partial charge is 0.159 e. The Balaban J connectivity index is 1.04. The Kier molecular flexibility index (Phi) is 8.33. The summed E-state index contributed by atoms with van der Waals surface area (Å²) in [6.07, 6.45) is 8.21. The van der Waals surface area contributed by atoms with Crippen LogP contribution in [0.2, 0.25) is 0 Å². The fourth-order valence-electron chi connectivity index (χ4n) is 14.1. The molecular formula is C46H61NO5. The number of phenolic OH excluding ortho intramolecular Hbond substituents is 1. The van der Waals surface area contributed by atoms with E-state index < -0.39 is 11.5 Å². The number of carbonyl (C=O) groups excluding carboxylic acids is 2. The summed E-state index contributed by atoms with van der Waals surface area (Å²) in [6, 6.07) is 15.6. The molecule has 12 unspecified atom stereocenters. The number of aliphatic hydroxyl groups excluding tert-OH is 1. The Morgan fingerprint density at radius 2 is 1.65 bits per heavy atom. The van der Waals surface area contributed by atoms with Gasteiger partial charge < -0.3 is 20.7 Å². The Bertz CT molecular complexity index is 1830. The molecule has 0 bridgehead atoms. The first-order valence-electron chi connectivity index (χ1n) is 20.3. The standard InChI is InChI=1S/C46H61NO5/c1-26(21-35(49)41-46(7,52-41)33-16-10-15-31(33)27-11-8-13-29(47)22-27)39-34-17-18-38-43(4)24-32(28-12-9-14-30(48)23-28)40(51)42(2,3)37(43)19-20-44(38,5)45(34,6)25-36(39)50/h8-9,11-14,22-23,26,31-33,35,37-38,41,48-49H,10,15-21,24-25,47H2,1-7H3. The fraction of sp³-hybridized carbons (Fsp3) is 0.652. The van der Waals surface area contributed by atoms with Gasteiger partial charge in [0.15, 0.2) is 5.78 Å². The molecule has 6 aliphatic rings. The van der Waals surface area contributed by atoms with Gasteiger partial charge in [-0.05, 0) is 140 Å². The summed E-state index contributed by atoms with van der Waals surface area (Å²) in [5, 5.41) is 22.1. The lowest BCUT2D eigenvalue weighted by atomic mass is 9.35. The van der Waals surface area contributed by atoms with Crippen molar-refractivity contribution in [3.8, 4) is 5.75 Å². The first-order valence-corrected chi connectivity index (χ1v) is 20.3. The number of epoxide rings is 1. The molecule has 52 heavy (non-hydrogen) atoms. The third-order valence-electron chi connectivity index (χ3n) is 16.7. The number of carbonyl (C=O) groups is 2. The molecule has 1 saturated heterocycles. The van der Waals surface area contributed by atoms with Crippen molar-refractivity contribution in [3.63, 3.8) is 0 Å². The van der Waals surface area contributed by atoms with Gasteiger partial charge in [-0.3, -0.25) is 9.59 Å². The van der Waals surface area contributed by atoms with Crippen LogP contribution in [0, 0.1) is 45.3 Å². The minimum atomic E-state index is -0.632. The number of Topliss-reactive ketones (excluding diaryl/α,β-unsaturated/α-hetero) is 2. The number of hydrogen-bond donors (Lipinski definition) is 3. The van der Waals surface area contributed by atoms with Crippen LogP contribution in [0.3, 0.4) is 0 Å². The van der Waals surface area contributed by atoms with Crippen molar-refractivity contribution < 1.29 is 24.5 Å². The van der Waals surface area contributed by atoms with Crippen LogP contribution in [-0.2, 0) is 14.3 Å². The van der Waals surface area contributed by atoms with Crippen LogP contribution in [0.1, 0.15) is 136 Å². The molecule has 6 heteroatoms. The van der Waals surface area contributed by atoms with Crippen molar-refractivity contribution in [1.82, 2.24) is 0 Å². The molecule has 5 fully saturated rings. The fourth-order valence-corrected chi connectivity index (χ4v) is 14.1. The van der Waals surface area contributed by atoms with E-state index in [-0.39, 0.29) is 57.2 Å². The van der Waals surface area contributed by atoms with Gasteiger partial charge in [0.05, 0.1) is 11.7 Å². The molecule has 8 rings (SSSR count). The lowest BCUT2D eigenvalue weighted by Crippen LogP contribution is -2.63. The van der Waals surface area contributed by atoms with Gasteiger partial charge in [0.25, 0.3) is 0 Å². The van der Waals surface area contributed by atoms with Crippen LogP contribution in [0.4, 0.5) is 5.69 Å². The van der Waals surface area contributed by atoms with Gasteiger partial charge in [0.2, 0.25) is 0 Å². The number of nitrogen functional groups attached to an aromatic ring is 1. The number of hydrogen-bond acceptors (Lipinski definition) is 6. The summed E-state index contributed by atoms with van der Waals surface area (Å²) in [6.45, 7) is 15.9. The van der Waals surface area contributed by atoms with E-state index in [0.717, 1.165) is 68.2 Å². The van der Waals surface area contributed by atoms with Crippen LogP contribution in [-0.4, -0.2) is 39.6 Å². The average molecular weight is 708 g/mol. The molecule has 12 atom stereocenters. The highest BCUT2D eigenvalue weighted by Gasteiger charge is 2.69. The van der Waals surface area contributed by atoms with E-state index in [4.69, 9.17) is 10.5 Å². The second-order valence-electron chi connectivity index (χ2n) is 19.6. The lowest BCUT2D eigenvalue weighted by molar-refractivity contribution is -0.183. The molecular weight excluding hydrogens is 647 g/mol. The van der Waals surface area contributed by atoms with Gasteiger partial charge >= 0.3 is 0 Å². The molecule has 0 spiro atoms. The van der Waals surface area contributed by atoms with E-state index in [1.54, 1.807) is 12.1 Å². The van der Waals surface area contributed by atoms with Crippen molar-refractivity contribution in [2.45, 2.75) is 142 Å². The number of benzene rings is 2. The van der Waals surface area contributed by atoms with Gasteiger partial charge in [-0.15, -0.1) is 0 Å². The Labute approximate surface area is 311 Å². The number of ketones is 2. The summed E-state index contributed by atoms with van der Waals surface area (Å²) in [7, 11) is 0. The predicted octanol–water partition coefficient (Wildman–Crippen LogP) is 9.29. The van der Waals surface area contributed by atoms with Crippen LogP contribution in [0.5, 0.6) is 5.75 Å². The van der Waals surface area contributed by atoms with Crippen molar-refractivity contribution in [2.24, 2.45) is 45.3 Å². The Morgan fingerprint density at radius 3 is 2.38 bits per heavy atom. The van der Waals surface area contributed by atoms with E-state index in [9.17, 15) is 19.8 Å². The van der Waals surface area contributed by atoms with Gasteiger partial charge in [0, 0.05) is 28.9 Å². The number of anilines is 1. The topological polar surface area (TPSA) is 113 Å².